The lowest BCUT2D eigenvalue weighted by Gasteiger charge is -2.18. The van der Waals surface area contributed by atoms with E-state index in [4.69, 9.17) is 10.5 Å². The van der Waals surface area contributed by atoms with Gasteiger partial charge in [-0.25, -0.2) is 0 Å². The Labute approximate surface area is 117 Å². The zero-order valence-corrected chi connectivity index (χ0v) is 11.2. The number of methoxy groups -OCH3 is 1. The lowest BCUT2D eigenvalue weighted by atomic mass is 9.88. The average Bonchev–Trinajstić information content (AvgIpc) is 3.05. The number of hydrogen-bond donors (Lipinski definition) is 1. The Morgan fingerprint density at radius 3 is 2.05 bits per heavy atom. The van der Waals surface area contributed by atoms with E-state index in [0.717, 1.165) is 11.1 Å². The maximum Gasteiger partial charge on any atom is 0.327 e. The molecular formula is C17H15NO2. The van der Waals surface area contributed by atoms with Gasteiger partial charge < -0.3 is 10.5 Å². The number of carbonyl (C=O) groups excluding carboxylic acids is 1. The van der Waals surface area contributed by atoms with Crippen molar-refractivity contribution >= 4 is 5.97 Å². The topological polar surface area (TPSA) is 52.3 Å². The predicted molar refractivity (Wildman–Crippen MR) is 76.2 cm³/mol. The van der Waals surface area contributed by atoms with Crippen LogP contribution in [0.5, 0.6) is 0 Å². The highest BCUT2D eigenvalue weighted by Crippen LogP contribution is 2.67. The Bertz CT molecular complexity index is 692. The molecule has 2 N–H and O–H groups in total. The highest BCUT2D eigenvalue weighted by Gasteiger charge is 2.74. The van der Waals surface area contributed by atoms with Gasteiger partial charge in [0.05, 0.1) is 12.5 Å². The number of carbonyl (C=O) groups is 1. The smallest absolute Gasteiger partial charge is 0.327 e. The molecule has 2 aliphatic carbocycles. The van der Waals surface area contributed by atoms with Crippen LogP contribution in [0.3, 0.4) is 0 Å². The number of hydrogen-bond acceptors (Lipinski definition) is 3. The van der Waals surface area contributed by atoms with Crippen molar-refractivity contribution in [3.63, 3.8) is 0 Å². The van der Waals surface area contributed by atoms with Crippen molar-refractivity contribution in [2.75, 3.05) is 7.11 Å². The minimum absolute atomic E-state index is 0.330. The molecule has 1 spiro atoms. The highest BCUT2D eigenvalue weighted by molar-refractivity contribution is 5.96. The normalized spacial score (nSPS) is 24.1. The molecule has 100 valence electrons. The molecule has 0 aromatic heterocycles. The minimum Gasteiger partial charge on any atom is -0.468 e. The van der Waals surface area contributed by atoms with Crippen LogP contribution in [0.15, 0.2) is 48.5 Å². The van der Waals surface area contributed by atoms with Gasteiger partial charge in [0.25, 0.3) is 0 Å². The zero-order chi connectivity index (χ0) is 14.0. The van der Waals surface area contributed by atoms with Gasteiger partial charge in [0.2, 0.25) is 0 Å². The molecular weight excluding hydrogens is 250 g/mol. The molecule has 0 heterocycles. The summed E-state index contributed by atoms with van der Waals surface area (Å²) in [5.74, 6) is -0.330. The third-order valence-corrected chi connectivity index (χ3v) is 4.79. The molecule has 2 aromatic rings. The summed E-state index contributed by atoms with van der Waals surface area (Å²) in [6.07, 6.45) is 0.612. The summed E-state index contributed by atoms with van der Waals surface area (Å²) in [6, 6.07) is 16.4. The van der Waals surface area contributed by atoms with Crippen LogP contribution in [0.4, 0.5) is 0 Å². The van der Waals surface area contributed by atoms with Crippen LogP contribution in [-0.4, -0.2) is 18.6 Å². The van der Waals surface area contributed by atoms with Crippen LogP contribution in [0.1, 0.15) is 17.5 Å². The lowest BCUT2D eigenvalue weighted by molar-refractivity contribution is -0.143. The Kier molecular flexibility index (Phi) is 2.04. The molecule has 3 nitrogen and oxygen atoms in total. The number of benzene rings is 2. The van der Waals surface area contributed by atoms with Gasteiger partial charge in [-0.05, 0) is 28.7 Å². The molecule has 1 saturated carbocycles. The molecule has 1 atom stereocenters. The quantitative estimate of drug-likeness (QED) is 0.804. The van der Waals surface area contributed by atoms with Gasteiger partial charge in [-0.3, -0.25) is 4.79 Å². The van der Waals surface area contributed by atoms with Crippen LogP contribution in [0.25, 0.3) is 11.1 Å². The van der Waals surface area contributed by atoms with Crippen LogP contribution < -0.4 is 5.73 Å². The summed E-state index contributed by atoms with van der Waals surface area (Å²) >= 11 is 0. The zero-order valence-electron chi connectivity index (χ0n) is 11.2. The van der Waals surface area contributed by atoms with Gasteiger partial charge in [0.1, 0.15) is 5.54 Å². The van der Waals surface area contributed by atoms with E-state index in [9.17, 15) is 4.79 Å². The predicted octanol–water partition coefficient (Wildman–Crippen LogP) is 2.23. The van der Waals surface area contributed by atoms with Crippen molar-refractivity contribution in [3.05, 3.63) is 59.7 Å². The number of esters is 1. The van der Waals surface area contributed by atoms with Crippen molar-refractivity contribution in [2.45, 2.75) is 17.4 Å². The summed E-state index contributed by atoms with van der Waals surface area (Å²) in [5.41, 5.74) is 9.70. The number of rotatable bonds is 1. The fourth-order valence-corrected chi connectivity index (χ4v) is 3.80. The largest absolute Gasteiger partial charge is 0.468 e. The van der Waals surface area contributed by atoms with Crippen molar-refractivity contribution in [3.8, 4) is 11.1 Å². The molecule has 0 aliphatic heterocycles. The van der Waals surface area contributed by atoms with E-state index in [1.165, 1.54) is 18.2 Å². The van der Waals surface area contributed by atoms with Crippen LogP contribution in [0.2, 0.25) is 0 Å². The number of fused-ring (bicyclic) bond motifs is 5. The van der Waals surface area contributed by atoms with Gasteiger partial charge >= 0.3 is 5.97 Å². The van der Waals surface area contributed by atoms with Gasteiger partial charge in [-0.2, -0.15) is 0 Å². The average molecular weight is 265 g/mol. The lowest BCUT2D eigenvalue weighted by Crippen LogP contribution is -2.42. The summed E-state index contributed by atoms with van der Waals surface area (Å²) in [7, 11) is 1.40. The fourth-order valence-electron chi connectivity index (χ4n) is 3.80. The Balaban J connectivity index is 2.01. The van der Waals surface area contributed by atoms with Crippen molar-refractivity contribution in [2.24, 2.45) is 5.73 Å². The van der Waals surface area contributed by atoms with Gasteiger partial charge in [-0.15, -0.1) is 0 Å². The van der Waals surface area contributed by atoms with Gasteiger partial charge in [-0.1, -0.05) is 48.5 Å². The highest BCUT2D eigenvalue weighted by atomic mass is 16.5. The molecule has 0 amide bonds. The molecule has 2 aliphatic rings. The minimum atomic E-state index is -0.940. The number of ether oxygens (including phenoxy) is 1. The van der Waals surface area contributed by atoms with Crippen molar-refractivity contribution in [1.82, 2.24) is 0 Å². The second-order valence-corrected chi connectivity index (χ2v) is 5.64. The molecule has 0 saturated heterocycles. The maximum atomic E-state index is 12.1. The fraction of sp³-hybridized carbons (Fsp3) is 0.235. The van der Waals surface area contributed by atoms with Gasteiger partial charge in [0, 0.05) is 0 Å². The third-order valence-electron chi connectivity index (χ3n) is 4.79. The Morgan fingerprint density at radius 1 is 1.05 bits per heavy atom. The van der Waals surface area contributed by atoms with Crippen molar-refractivity contribution < 1.29 is 9.53 Å². The Hall–Kier alpha value is -2.13. The van der Waals surface area contributed by atoms with E-state index in [2.05, 4.69) is 24.3 Å². The third kappa shape index (κ3) is 1.09. The molecule has 4 rings (SSSR count). The van der Waals surface area contributed by atoms with E-state index >= 15 is 0 Å². The summed E-state index contributed by atoms with van der Waals surface area (Å²) in [5, 5.41) is 0. The van der Waals surface area contributed by atoms with E-state index in [0.29, 0.717) is 6.42 Å². The molecule has 20 heavy (non-hydrogen) atoms. The first-order chi connectivity index (χ1) is 9.65. The summed E-state index contributed by atoms with van der Waals surface area (Å²) in [6.45, 7) is 0. The second-order valence-electron chi connectivity index (χ2n) is 5.64. The van der Waals surface area contributed by atoms with Crippen molar-refractivity contribution in [1.29, 1.82) is 0 Å². The Morgan fingerprint density at radius 2 is 1.55 bits per heavy atom. The first-order valence-corrected chi connectivity index (χ1v) is 6.72. The van der Waals surface area contributed by atoms with Crippen LogP contribution in [0, 0.1) is 0 Å². The standard InChI is InChI=1S/C17H15NO2/c1-20-15(19)17(18)10-16(17)13-8-4-2-6-11(13)12-7-3-5-9-14(12)16/h2-9H,10,18H2,1H3/t17-/m0/s1. The van der Waals surface area contributed by atoms with Crippen LogP contribution >= 0.6 is 0 Å². The molecule has 0 bridgehead atoms. The monoisotopic (exact) mass is 265 g/mol. The van der Waals surface area contributed by atoms with E-state index in [1.807, 2.05) is 24.3 Å². The molecule has 2 aromatic carbocycles. The van der Waals surface area contributed by atoms with E-state index < -0.39 is 11.0 Å². The van der Waals surface area contributed by atoms with E-state index in [1.54, 1.807) is 0 Å². The van der Waals surface area contributed by atoms with Gasteiger partial charge in [0.15, 0.2) is 0 Å². The first-order valence-electron chi connectivity index (χ1n) is 6.72. The number of nitrogens with two attached hydrogens (primary N) is 1. The molecule has 0 unspecified atom stereocenters. The maximum absolute atomic E-state index is 12.1. The first kappa shape index (κ1) is 11.7. The molecule has 0 radical (unpaired) electrons. The summed E-state index contributed by atoms with van der Waals surface area (Å²) in [4.78, 5) is 12.1. The van der Waals surface area contributed by atoms with E-state index in [-0.39, 0.29) is 5.97 Å². The molecule has 3 heteroatoms. The SMILES string of the molecule is COC(=O)[C@@]1(N)CC12c1ccccc1-c1ccccc12. The molecule has 1 fully saturated rings. The van der Waals surface area contributed by atoms with Crippen LogP contribution in [-0.2, 0) is 14.9 Å². The summed E-state index contributed by atoms with van der Waals surface area (Å²) < 4.78 is 4.93. The second kappa shape index (κ2) is 3.49.